The molecule has 3 aromatic rings. The number of ether oxygens (including phenoxy) is 2. The van der Waals surface area contributed by atoms with E-state index < -0.39 is 0 Å². The van der Waals surface area contributed by atoms with Crippen LogP contribution in [0.2, 0.25) is 0 Å². The van der Waals surface area contributed by atoms with Gasteiger partial charge in [-0.3, -0.25) is 9.59 Å². The predicted molar refractivity (Wildman–Crippen MR) is 113 cm³/mol. The van der Waals surface area contributed by atoms with Crippen molar-refractivity contribution in [3.8, 4) is 11.5 Å². The summed E-state index contributed by atoms with van der Waals surface area (Å²) in [6.07, 6.45) is 0.330. The number of amides is 2. The van der Waals surface area contributed by atoms with Gasteiger partial charge in [-0.15, -0.1) is 11.3 Å². The van der Waals surface area contributed by atoms with Crippen molar-refractivity contribution in [1.29, 1.82) is 0 Å². The molecule has 0 spiro atoms. The van der Waals surface area contributed by atoms with E-state index in [4.69, 9.17) is 9.47 Å². The van der Waals surface area contributed by atoms with Crippen LogP contribution in [0.5, 0.6) is 11.5 Å². The number of nitrogens with one attached hydrogen (secondary N) is 1. The van der Waals surface area contributed by atoms with Gasteiger partial charge in [-0.1, -0.05) is 24.3 Å². The van der Waals surface area contributed by atoms with Crippen LogP contribution >= 0.6 is 11.3 Å². The molecule has 0 atom stereocenters. The summed E-state index contributed by atoms with van der Waals surface area (Å²) >= 11 is 1.55. The smallest absolute Gasteiger partial charge is 0.265 e. The zero-order valence-electron chi connectivity index (χ0n) is 15.7. The second-order valence-electron chi connectivity index (χ2n) is 6.48. The van der Waals surface area contributed by atoms with Crippen LogP contribution in [0.15, 0.2) is 66.0 Å². The molecule has 1 aromatic heterocycles. The Labute approximate surface area is 172 Å². The van der Waals surface area contributed by atoms with Gasteiger partial charge >= 0.3 is 0 Å². The molecule has 6 nitrogen and oxygen atoms in total. The molecule has 0 radical (unpaired) electrons. The summed E-state index contributed by atoms with van der Waals surface area (Å²) in [5.74, 6) is 1.12. The fourth-order valence-corrected chi connectivity index (χ4v) is 3.78. The number of benzene rings is 2. The van der Waals surface area contributed by atoms with Crippen LogP contribution in [-0.2, 0) is 16.0 Å². The van der Waals surface area contributed by atoms with E-state index in [-0.39, 0.29) is 18.4 Å². The van der Waals surface area contributed by atoms with Gasteiger partial charge in [0.2, 0.25) is 5.91 Å². The standard InChI is InChI=1S/C22H20N2O4S/c25-21(14-18-7-4-12-29-18)23-16-8-9-19-20(13-16)28-15-22(26)24(19)10-11-27-17-5-2-1-3-6-17/h1-9,12-13H,10-11,14-15H2,(H,23,25). The molecule has 2 amide bonds. The van der Waals surface area contributed by atoms with E-state index in [1.54, 1.807) is 34.4 Å². The Balaban J connectivity index is 1.40. The lowest BCUT2D eigenvalue weighted by atomic mass is 10.2. The summed E-state index contributed by atoms with van der Waals surface area (Å²) in [7, 11) is 0. The molecule has 0 fully saturated rings. The van der Waals surface area contributed by atoms with Crippen LogP contribution in [0.3, 0.4) is 0 Å². The van der Waals surface area contributed by atoms with Crippen LogP contribution < -0.4 is 19.7 Å². The monoisotopic (exact) mass is 408 g/mol. The maximum atomic E-state index is 12.3. The van der Waals surface area contributed by atoms with E-state index >= 15 is 0 Å². The Morgan fingerprint density at radius 1 is 1.14 bits per heavy atom. The number of anilines is 2. The van der Waals surface area contributed by atoms with Crippen LogP contribution in [0.4, 0.5) is 11.4 Å². The van der Waals surface area contributed by atoms with Gasteiger partial charge in [0.1, 0.15) is 18.1 Å². The first-order chi connectivity index (χ1) is 14.2. The first-order valence-electron chi connectivity index (χ1n) is 9.26. The third-order valence-corrected chi connectivity index (χ3v) is 5.30. The third-order valence-electron chi connectivity index (χ3n) is 4.43. The molecule has 2 aromatic carbocycles. The largest absolute Gasteiger partial charge is 0.492 e. The van der Waals surface area contributed by atoms with Crippen molar-refractivity contribution in [1.82, 2.24) is 0 Å². The topological polar surface area (TPSA) is 67.9 Å². The van der Waals surface area contributed by atoms with Crippen LogP contribution in [0.25, 0.3) is 0 Å². The van der Waals surface area contributed by atoms with E-state index in [1.807, 2.05) is 47.8 Å². The minimum absolute atomic E-state index is 0.0368. The summed E-state index contributed by atoms with van der Waals surface area (Å²) < 4.78 is 11.3. The highest BCUT2D eigenvalue weighted by atomic mass is 32.1. The van der Waals surface area contributed by atoms with E-state index in [0.717, 1.165) is 10.6 Å². The Morgan fingerprint density at radius 3 is 2.79 bits per heavy atom. The molecule has 29 heavy (non-hydrogen) atoms. The molecular formula is C22H20N2O4S. The molecule has 0 unspecified atom stereocenters. The zero-order chi connectivity index (χ0) is 20.1. The van der Waals surface area contributed by atoms with Crippen LogP contribution in [-0.4, -0.2) is 31.6 Å². The molecular weight excluding hydrogens is 388 g/mol. The average Bonchev–Trinajstić information content (AvgIpc) is 3.23. The molecule has 1 N–H and O–H groups in total. The predicted octanol–water partition coefficient (Wildman–Crippen LogP) is 3.73. The number of hydrogen-bond acceptors (Lipinski definition) is 5. The SMILES string of the molecule is O=C(Cc1cccs1)Nc1ccc2c(c1)OCC(=O)N2CCOc1ccccc1. The van der Waals surface area contributed by atoms with Crippen molar-refractivity contribution in [2.45, 2.75) is 6.42 Å². The fourth-order valence-electron chi connectivity index (χ4n) is 3.08. The molecule has 4 rings (SSSR count). The molecule has 1 aliphatic heterocycles. The molecule has 2 heterocycles. The van der Waals surface area contributed by atoms with Gasteiger partial charge in [-0.25, -0.2) is 0 Å². The Bertz CT molecular complexity index is 989. The van der Waals surface area contributed by atoms with Gasteiger partial charge in [-0.05, 0) is 35.7 Å². The van der Waals surface area contributed by atoms with Crippen LogP contribution in [0.1, 0.15) is 4.88 Å². The number of nitrogens with zero attached hydrogens (tertiary/aromatic N) is 1. The quantitative estimate of drug-likeness (QED) is 0.647. The van der Waals surface area contributed by atoms with Crippen LogP contribution in [0, 0.1) is 0 Å². The van der Waals surface area contributed by atoms with Gasteiger partial charge < -0.3 is 19.7 Å². The van der Waals surface area contributed by atoms with E-state index in [2.05, 4.69) is 5.32 Å². The van der Waals surface area contributed by atoms with Gasteiger partial charge in [0, 0.05) is 16.6 Å². The lowest BCUT2D eigenvalue weighted by Gasteiger charge is -2.29. The number of thiophene rings is 1. The lowest BCUT2D eigenvalue weighted by molar-refractivity contribution is -0.121. The first kappa shape index (κ1) is 19.0. The van der Waals surface area contributed by atoms with Crippen molar-refractivity contribution in [2.75, 3.05) is 30.0 Å². The Morgan fingerprint density at radius 2 is 2.00 bits per heavy atom. The number of carbonyl (C=O) groups excluding carboxylic acids is 2. The maximum Gasteiger partial charge on any atom is 0.265 e. The Hall–Kier alpha value is -3.32. The normalized spacial score (nSPS) is 12.8. The number of rotatable bonds is 7. The van der Waals surface area contributed by atoms with Crippen molar-refractivity contribution < 1.29 is 19.1 Å². The van der Waals surface area contributed by atoms with Crippen molar-refractivity contribution in [3.63, 3.8) is 0 Å². The molecule has 0 saturated heterocycles. The first-order valence-corrected chi connectivity index (χ1v) is 10.1. The lowest BCUT2D eigenvalue weighted by Crippen LogP contribution is -2.41. The van der Waals surface area contributed by atoms with Gasteiger partial charge in [0.15, 0.2) is 6.61 Å². The highest BCUT2D eigenvalue weighted by Gasteiger charge is 2.25. The third kappa shape index (κ3) is 4.75. The van der Waals surface area contributed by atoms with Gasteiger partial charge in [0.05, 0.1) is 18.7 Å². The number of hydrogen-bond donors (Lipinski definition) is 1. The summed E-state index contributed by atoms with van der Waals surface area (Å²) in [6.45, 7) is 0.744. The van der Waals surface area contributed by atoms with E-state index in [1.165, 1.54) is 0 Å². The van der Waals surface area contributed by atoms with Crippen molar-refractivity contribution in [2.24, 2.45) is 0 Å². The van der Waals surface area contributed by atoms with Crippen molar-refractivity contribution >= 4 is 34.5 Å². The average molecular weight is 408 g/mol. The minimum Gasteiger partial charge on any atom is -0.492 e. The molecule has 148 valence electrons. The van der Waals surface area contributed by atoms with Crippen molar-refractivity contribution in [3.05, 3.63) is 70.9 Å². The summed E-state index contributed by atoms with van der Waals surface area (Å²) in [6, 6.07) is 18.6. The molecule has 7 heteroatoms. The minimum atomic E-state index is -0.122. The van der Waals surface area contributed by atoms with Gasteiger partial charge in [0.25, 0.3) is 5.91 Å². The molecule has 0 aliphatic carbocycles. The van der Waals surface area contributed by atoms with E-state index in [9.17, 15) is 9.59 Å². The highest BCUT2D eigenvalue weighted by molar-refractivity contribution is 7.10. The molecule has 0 saturated carbocycles. The highest BCUT2D eigenvalue weighted by Crippen LogP contribution is 2.34. The number of fused-ring (bicyclic) bond motifs is 1. The summed E-state index contributed by atoms with van der Waals surface area (Å²) in [5, 5.41) is 4.83. The Kier molecular flexibility index (Phi) is 5.76. The summed E-state index contributed by atoms with van der Waals surface area (Å²) in [4.78, 5) is 27.2. The zero-order valence-corrected chi connectivity index (χ0v) is 16.5. The number of carbonyl (C=O) groups is 2. The fraction of sp³-hybridized carbons (Fsp3) is 0.182. The maximum absolute atomic E-state index is 12.3. The van der Waals surface area contributed by atoms with E-state index in [0.29, 0.717) is 36.7 Å². The summed E-state index contributed by atoms with van der Waals surface area (Å²) in [5.41, 5.74) is 1.31. The molecule has 0 bridgehead atoms. The second-order valence-corrected chi connectivity index (χ2v) is 7.51. The molecule has 1 aliphatic rings. The number of para-hydroxylation sites is 1. The van der Waals surface area contributed by atoms with Gasteiger partial charge in [-0.2, -0.15) is 0 Å². The second kappa shape index (κ2) is 8.79.